The fourth-order valence-corrected chi connectivity index (χ4v) is 2.29. The number of aliphatic carboxylic acids is 1. The summed E-state index contributed by atoms with van der Waals surface area (Å²) in [6.07, 6.45) is -4.52. The lowest BCUT2D eigenvalue weighted by Gasteiger charge is -2.15. The van der Waals surface area contributed by atoms with Crippen molar-refractivity contribution in [3.63, 3.8) is 0 Å². The van der Waals surface area contributed by atoms with Crippen LogP contribution in [0, 0.1) is 0 Å². The van der Waals surface area contributed by atoms with E-state index in [-0.39, 0.29) is 12.8 Å². The standard InChI is InChI=1S/C18H16F3NO3/c19-18(20,21)14-8-6-13(7-9-14)11-16(23)22-15(17(24)25)10-12-4-2-1-3-5-12/h1-9,15H,10-11H2,(H,22,23)(H,24,25)/t15-/m0/s1. The number of nitrogens with one attached hydrogen (secondary N) is 1. The quantitative estimate of drug-likeness (QED) is 0.841. The average molecular weight is 351 g/mol. The largest absolute Gasteiger partial charge is 0.480 e. The van der Waals surface area contributed by atoms with Crippen LogP contribution in [0.5, 0.6) is 0 Å². The van der Waals surface area contributed by atoms with Gasteiger partial charge in [0, 0.05) is 6.42 Å². The Morgan fingerprint density at radius 1 is 0.960 bits per heavy atom. The van der Waals surface area contributed by atoms with Gasteiger partial charge in [0.15, 0.2) is 0 Å². The van der Waals surface area contributed by atoms with Gasteiger partial charge < -0.3 is 10.4 Å². The molecule has 0 aliphatic heterocycles. The van der Waals surface area contributed by atoms with Crippen LogP contribution in [0.15, 0.2) is 54.6 Å². The first-order valence-electron chi connectivity index (χ1n) is 7.48. The number of hydrogen-bond donors (Lipinski definition) is 2. The zero-order valence-corrected chi connectivity index (χ0v) is 13.1. The van der Waals surface area contributed by atoms with Crippen molar-refractivity contribution in [1.82, 2.24) is 5.32 Å². The second-order valence-electron chi connectivity index (χ2n) is 5.52. The van der Waals surface area contributed by atoms with E-state index in [1.54, 1.807) is 30.3 Å². The zero-order valence-electron chi connectivity index (χ0n) is 13.1. The first kappa shape index (κ1) is 18.5. The Morgan fingerprint density at radius 2 is 1.56 bits per heavy atom. The SMILES string of the molecule is O=C(Cc1ccc(C(F)(F)F)cc1)N[C@@H](Cc1ccccc1)C(=O)O. The molecule has 0 saturated heterocycles. The number of alkyl halides is 3. The Bertz CT molecular complexity index is 727. The number of amides is 1. The maximum Gasteiger partial charge on any atom is 0.416 e. The van der Waals surface area contributed by atoms with Crippen LogP contribution in [-0.2, 0) is 28.6 Å². The Labute approximate surface area is 142 Å². The van der Waals surface area contributed by atoms with Gasteiger partial charge in [-0.2, -0.15) is 13.2 Å². The molecule has 2 N–H and O–H groups in total. The van der Waals surface area contributed by atoms with Crippen molar-refractivity contribution >= 4 is 11.9 Å². The molecule has 0 fully saturated rings. The van der Waals surface area contributed by atoms with E-state index in [2.05, 4.69) is 5.32 Å². The summed E-state index contributed by atoms with van der Waals surface area (Å²) in [4.78, 5) is 23.3. The van der Waals surface area contributed by atoms with E-state index in [4.69, 9.17) is 0 Å². The number of rotatable bonds is 6. The van der Waals surface area contributed by atoms with E-state index in [0.717, 1.165) is 17.7 Å². The van der Waals surface area contributed by atoms with Crippen LogP contribution in [0.4, 0.5) is 13.2 Å². The molecule has 132 valence electrons. The van der Waals surface area contributed by atoms with E-state index >= 15 is 0 Å². The normalized spacial score (nSPS) is 12.4. The summed E-state index contributed by atoms with van der Waals surface area (Å²) in [5.41, 5.74) is 0.322. The van der Waals surface area contributed by atoms with Gasteiger partial charge in [0.05, 0.1) is 12.0 Å². The van der Waals surface area contributed by atoms with Gasteiger partial charge in [0.1, 0.15) is 6.04 Å². The number of carboxylic acid groups (broad SMARTS) is 1. The van der Waals surface area contributed by atoms with Gasteiger partial charge in [-0.25, -0.2) is 4.79 Å². The molecule has 0 aliphatic rings. The lowest BCUT2D eigenvalue weighted by atomic mass is 10.0. The topological polar surface area (TPSA) is 66.4 Å². The summed E-state index contributed by atoms with van der Waals surface area (Å²) in [5.74, 6) is -1.74. The van der Waals surface area contributed by atoms with Gasteiger partial charge >= 0.3 is 12.1 Å². The Balaban J connectivity index is 1.98. The summed E-state index contributed by atoms with van der Waals surface area (Å²) in [7, 11) is 0. The molecule has 7 heteroatoms. The molecule has 2 aromatic rings. The Hall–Kier alpha value is -2.83. The molecule has 0 heterocycles. The van der Waals surface area contributed by atoms with Crippen molar-refractivity contribution in [2.24, 2.45) is 0 Å². The van der Waals surface area contributed by atoms with Gasteiger partial charge in [0.2, 0.25) is 5.91 Å². The van der Waals surface area contributed by atoms with Crippen molar-refractivity contribution in [2.45, 2.75) is 25.1 Å². The number of hydrogen-bond acceptors (Lipinski definition) is 2. The molecule has 1 amide bonds. The molecule has 0 saturated carbocycles. The van der Waals surface area contributed by atoms with Crippen LogP contribution < -0.4 is 5.32 Å². The molecular formula is C18H16F3NO3. The van der Waals surface area contributed by atoms with E-state index in [9.17, 15) is 27.9 Å². The number of carboxylic acids is 1. The van der Waals surface area contributed by atoms with E-state index < -0.39 is 29.7 Å². The molecule has 0 bridgehead atoms. The van der Waals surface area contributed by atoms with Crippen molar-refractivity contribution in [3.05, 3.63) is 71.3 Å². The van der Waals surface area contributed by atoms with Crippen LogP contribution in [0.3, 0.4) is 0 Å². The van der Waals surface area contributed by atoms with Gasteiger partial charge in [0.25, 0.3) is 0 Å². The predicted octanol–water partition coefficient (Wildman–Crippen LogP) is 3.06. The third-order valence-electron chi connectivity index (χ3n) is 3.56. The molecule has 0 aliphatic carbocycles. The molecule has 2 rings (SSSR count). The fraction of sp³-hybridized carbons (Fsp3) is 0.222. The van der Waals surface area contributed by atoms with E-state index in [0.29, 0.717) is 5.56 Å². The number of carbonyl (C=O) groups excluding carboxylic acids is 1. The number of carbonyl (C=O) groups is 2. The van der Waals surface area contributed by atoms with E-state index in [1.807, 2.05) is 0 Å². The molecule has 0 aromatic heterocycles. The first-order valence-corrected chi connectivity index (χ1v) is 7.48. The summed E-state index contributed by atoms with van der Waals surface area (Å²) in [5, 5.41) is 11.6. The highest BCUT2D eigenvalue weighted by atomic mass is 19.4. The second kappa shape index (κ2) is 7.83. The van der Waals surface area contributed by atoms with Crippen LogP contribution >= 0.6 is 0 Å². The van der Waals surface area contributed by atoms with Crippen LogP contribution in [0.1, 0.15) is 16.7 Å². The minimum absolute atomic E-state index is 0.120. The highest BCUT2D eigenvalue weighted by Crippen LogP contribution is 2.29. The van der Waals surface area contributed by atoms with Crippen LogP contribution in [-0.4, -0.2) is 23.0 Å². The summed E-state index contributed by atoms with van der Waals surface area (Å²) in [6, 6.07) is 11.9. The average Bonchev–Trinajstić information content (AvgIpc) is 2.54. The third-order valence-corrected chi connectivity index (χ3v) is 3.56. The first-order chi connectivity index (χ1) is 11.8. The summed E-state index contributed by atoms with van der Waals surface area (Å²) < 4.78 is 37.5. The second-order valence-corrected chi connectivity index (χ2v) is 5.52. The van der Waals surface area contributed by atoms with Gasteiger partial charge in [-0.3, -0.25) is 4.79 Å². The Kier molecular flexibility index (Phi) is 5.80. The fourth-order valence-electron chi connectivity index (χ4n) is 2.29. The number of halogens is 3. The van der Waals surface area contributed by atoms with Crippen LogP contribution in [0.25, 0.3) is 0 Å². The van der Waals surface area contributed by atoms with Crippen LogP contribution in [0.2, 0.25) is 0 Å². The molecule has 1 atom stereocenters. The van der Waals surface area contributed by atoms with Crippen molar-refractivity contribution in [1.29, 1.82) is 0 Å². The molecule has 0 radical (unpaired) electrons. The number of benzene rings is 2. The molecule has 0 unspecified atom stereocenters. The van der Waals surface area contributed by atoms with Gasteiger partial charge in [-0.15, -0.1) is 0 Å². The Morgan fingerprint density at radius 3 is 2.08 bits per heavy atom. The lowest BCUT2D eigenvalue weighted by Crippen LogP contribution is -2.43. The van der Waals surface area contributed by atoms with Crippen molar-refractivity contribution < 1.29 is 27.9 Å². The minimum Gasteiger partial charge on any atom is -0.480 e. The third kappa shape index (κ3) is 5.63. The molecular weight excluding hydrogens is 335 g/mol. The smallest absolute Gasteiger partial charge is 0.416 e. The van der Waals surface area contributed by atoms with Crippen molar-refractivity contribution in [2.75, 3.05) is 0 Å². The maximum atomic E-state index is 12.5. The predicted molar refractivity (Wildman–Crippen MR) is 84.9 cm³/mol. The molecule has 2 aromatic carbocycles. The monoisotopic (exact) mass is 351 g/mol. The van der Waals surface area contributed by atoms with Crippen molar-refractivity contribution in [3.8, 4) is 0 Å². The molecule has 0 spiro atoms. The highest BCUT2D eigenvalue weighted by molar-refractivity contribution is 5.85. The van der Waals surface area contributed by atoms with Gasteiger partial charge in [-0.05, 0) is 23.3 Å². The lowest BCUT2D eigenvalue weighted by molar-refractivity contribution is -0.141. The summed E-state index contributed by atoms with van der Waals surface area (Å²) in [6.45, 7) is 0. The minimum atomic E-state index is -4.44. The molecule has 25 heavy (non-hydrogen) atoms. The van der Waals surface area contributed by atoms with E-state index in [1.165, 1.54) is 12.1 Å². The molecule has 4 nitrogen and oxygen atoms in total. The van der Waals surface area contributed by atoms with Gasteiger partial charge in [-0.1, -0.05) is 42.5 Å². The zero-order chi connectivity index (χ0) is 18.4. The summed E-state index contributed by atoms with van der Waals surface area (Å²) >= 11 is 0. The highest BCUT2D eigenvalue weighted by Gasteiger charge is 2.30. The maximum absolute atomic E-state index is 12.5.